The van der Waals surface area contributed by atoms with Crippen LogP contribution < -0.4 is 4.74 Å². The summed E-state index contributed by atoms with van der Waals surface area (Å²) in [5, 5.41) is 8.66. The SMILES string of the molecule is CCCON=C(CBr)c1cc(-c2cccc(OC)c2)no1. The Hall–Kier alpha value is -1.82. The van der Waals surface area contributed by atoms with E-state index in [1.165, 1.54) is 0 Å². The Morgan fingerprint density at radius 1 is 1.38 bits per heavy atom. The molecule has 5 nitrogen and oxygen atoms in total. The van der Waals surface area contributed by atoms with Crippen LogP contribution in [-0.2, 0) is 4.84 Å². The molecule has 0 saturated heterocycles. The molecule has 0 fully saturated rings. The summed E-state index contributed by atoms with van der Waals surface area (Å²) in [6.45, 7) is 2.60. The van der Waals surface area contributed by atoms with Gasteiger partial charge in [-0.15, -0.1) is 0 Å². The molecule has 1 aromatic carbocycles. The quantitative estimate of drug-likeness (QED) is 0.328. The third kappa shape index (κ3) is 4.07. The van der Waals surface area contributed by atoms with Gasteiger partial charge >= 0.3 is 0 Å². The molecule has 0 aliphatic heterocycles. The minimum Gasteiger partial charge on any atom is -0.497 e. The molecule has 0 radical (unpaired) electrons. The van der Waals surface area contributed by atoms with E-state index in [1.54, 1.807) is 7.11 Å². The van der Waals surface area contributed by atoms with Crippen LogP contribution in [0.15, 0.2) is 40.0 Å². The van der Waals surface area contributed by atoms with Crippen LogP contribution in [0.25, 0.3) is 11.3 Å². The number of nitrogens with zero attached hydrogens (tertiary/aromatic N) is 2. The van der Waals surface area contributed by atoms with Gasteiger partial charge in [0, 0.05) is 11.6 Å². The zero-order valence-corrected chi connectivity index (χ0v) is 13.6. The lowest BCUT2D eigenvalue weighted by molar-refractivity contribution is 0.144. The molecule has 0 spiro atoms. The standard InChI is InChI=1S/C15H17BrN2O3/c1-3-7-20-17-14(10-16)15-9-13(18-21-15)11-5-4-6-12(8-11)19-2/h4-6,8-9H,3,7,10H2,1-2H3. The number of halogens is 1. The number of methoxy groups -OCH3 is 1. The lowest BCUT2D eigenvalue weighted by atomic mass is 10.1. The average Bonchev–Trinajstić information content (AvgIpc) is 3.01. The van der Waals surface area contributed by atoms with Gasteiger partial charge in [0.1, 0.15) is 23.8 Å². The molecule has 21 heavy (non-hydrogen) atoms. The van der Waals surface area contributed by atoms with E-state index in [0.29, 0.717) is 23.4 Å². The van der Waals surface area contributed by atoms with Gasteiger partial charge in [-0.3, -0.25) is 0 Å². The van der Waals surface area contributed by atoms with E-state index in [2.05, 4.69) is 26.2 Å². The molecule has 2 aromatic rings. The van der Waals surface area contributed by atoms with Crippen molar-refractivity contribution in [3.05, 3.63) is 36.1 Å². The van der Waals surface area contributed by atoms with E-state index in [-0.39, 0.29) is 0 Å². The summed E-state index contributed by atoms with van der Waals surface area (Å²) in [4.78, 5) is 5.19. The molecule has 0 bridgehead atoms. The van der Waals surface area contributed by atoms with Crippen molar-refractivity contribution in [2.45, 2.75) is 13.3 Å². The molecular formula is C15H17BrN2O3. The van der Waals surface area contributed by atoms with Gasteiger partial charge < -0.3 is 14.1 Å². The highest BCUT2D eigenvalue weighted by molar-refractivity contribution is 9.09. The summed E-state index contributed by atoms with van der Waals surface area (Å²) in [5.41, 5.74) is 2.32. The van der Waals surface area contributed by atoms with E-state index in [1.807, 2.05) is 37.3 Å². The van der Waals surface area contributed by atoms with Crippen LogP contribution in [-0.4, -0.2) is 29.9 Å². The van der Waals surface area contributed by atoms with E-state index in [4.69, 9.17) is 14.1 Å². The zero-order valence-electron chi connectivity index (χ0n) is 12.0. The first-order valence-corrected chi connectivity index (χ1v) is 7.77. The van der Waals surface area contributed by atoms with Gasteiger partial charge in [0.05, 0.1) is 12.4 Å². The highest BCUT2D eigenvalue weighted by atomic mass is 79.9. The topological polar surface area (TPSA) is 56.9 Å². The zero-order chi connectivity index (χ0) is 15.1. The summed E-state index contributed by atoms with van der Waals surface area (Å²) in [5.74, 6) is 1.36. The van der Waals surface area contributed by atoms with Gasteiger partial charge in [0.15, 0.2) is 5.76 Å². The second kappa shape index (κ2) is 7.83. The Balaban J connectivity index is 2.21. The number of ether oxygens (including phenoxy) is 1. The van der Waals surface area contributed by atoms with Crippen molar-refractivity contribution in [2.24, 2.45) is 5.16 Å². The maximum atomic E-state index is 5.34. The normalized spacial score (nSPS) is 11.5. The molecule has 112 valence electrons. The molecule has 2 rings (SSSR count). The summed E-state index contributed by atoms with van der Waals surface area (Å²) in [6.07, 6.45) is 0.907. The van der Waals surface area contributed by atoms with Crippen LogP contribution in [0.3, 0.4) is 0 Å². The van der Waals surface area contributed by atoms with E-state index in [0.717, 1.165) is 23.4 Å². The molecule has 0 unspecified atom stereocenters. The average molecular weight is 353 g/mol. The van der Waals surface area contributed by atoms with Crippen LogP contribution in [0, 0.1) is 0 Å². The van der Waals surface area contributed by atoms with E-state index in [9.17, 15) is 0 Å². The lowest BCUT2D eigenvalue weighted by Gasteiger charge is -2.00. The molecule has 0 amide bonds. The molecule has 1 aromatic heterocycles. The Morgan fingerprint density at radius 2 is 2.24 bits per heavy atom. The third-order valence-electron chi connectivity index (χ3n) is 2.76. The molecule has 0 atom stereocenters. The number of oxime groups is 1. The van der Waals surface area contributed by atoms with Crippen LogP contribution >= 0.6 is 15.9 Å². The Morgan fingerprint density at radius 3 is 2.95 bits per heavy atom. The van der Waals surface area contributed by atoms with E-state index >= 15 is 0 Å². The third-order valence-corrected chi connectivity index (χ3v) is 3.29. The van der Waals surface area contributed by atoms with Crippen LogP contribution in [0.1, 0.15) is 19.1 Å². The molecular weight excluding hydrogens is 336 g/mol. The first-order valence-electron chi connectivity index (χ1n) is 6.64. The number of benzene rings is 1. The van der Waals surface area contributed by atoms with Gasteiger partial charge in [-0.2, -0.15) is 0 Å². The van der Waals surface area contributed by atoms with Crippen molar-refractivity contribution in [3.8, 4) is 17.0 Å². The smallest absolute Gasteiger partial charge is 0.185 e. The van der Waals surface area contributed by atoms with E-state index < -0.39 is 0 Å². The second-order valence-electron chi connectivity index (χ2n) is 4.31. The van der Waals surface area contributed by atoms with Gasteiger partial charge in [-0.05, 0) is 18.6 Å². The predicted octanol–water partition coefficient (Wildman–Crippen LogP) is 3.88. The minimum absolute atomic E-state index is 0.531. The first-order chi connectivity index (χ1) is 10.3. The number of aromatic nitrogens is 1. The number of rotatable bonds is 7. The monoisotopic (exact) mass is 352 g/mol. The highest BCUT2D eigenvalue weighted by Crippen LogP contribution is 2.24. The summed E-state index contributed by atoms with van der Waals surface area (Å²) >= 11 is 3.37. The van der Waals surface area contributed by atoms with Gasteiger partial charge in [-0.1, -0.05) is 45.3 Å². The van der Waals surface area contributed by atoms with Gasteiger partial charge in [0.2, 0.25) is 0 Å². The molecule has 0 N–H and O–H groups in total. The lowest BCUT2D eigenvalue weighted by Crippen LogP contribution is -2.02. The maximum absolute atomic E-state index is 5.34. The maximum Gasteiger partial charge on any atom is 0.185 e. The summed E-state index contributed by atoms with van der Waals surface area (Å²) < 4.78 is 10.6. The number of hydrogen-bond donors (Lipinski definition) is 0. The van der Waals surface area contributed by atoms with Crippen molar-refractivity contribution < 1.29 is 14.1 Å². The van der Waals surface area contributed by atoms with Crippen molar-refractivity contribution >= 4 is 21.6 Å². The minimum atomic E-state index is 0.531. The fourth-order valence-electron chi connectivity index (χ4n) is 1.68. The Labute approximate surface area is 132 Å². The van der Waals surface area contributed by atoms with Crippen molar-refractivity contribution in [1.29, 1.82) is 0 Å². The predicted molar refractivity (Wildman–Crippen MR) is 85.1 cm³/mol. The van der Waals surface area contributed by atoms with Crippen molar-refractivity contribution in [3.63, 3.8) is 0 Å². The van der Waals surface area contributed by atoms with Gasteiger partial charge in [0.25, 0.3) is 0 Å². The summed E-state index contributed by atoms with van der Waals surface area (Å²) in [7, 11) is 1.63. The number of hydrogen-bond acceptors (Lipinski definition) is 5. The van der Waals surface area contributed by atoms with Crippen molar-refractivity contribution in [1.82, 2.24) is 5.16 Å². The Bertz CT molecular complexity index is 610. The number of alkyl halides is 1. The van der Waals surface area contributed by atoms with Crippen LogP contribution in [0.2, 0.25) is 0 Å². The van der Waals surface area contributed by atoms with Crippen molar-refractivity contribution in [2.75, 3.05) is 19.0 Å². The molecule has 0 aliphatic carbocycles. The highest BCUT2D eigenvalue weighted by Gasteiger charge is 2.12. The fraction of sp³-hybridized carbons (Fsp3) is 0.333. The second-order valence-corrected chi connectivity index (χ2v) is 4.87. The largest absolute Gasteiger partial charge is 0.497 e. The van der Waals surface area contributed by atoms with Crippen LogP contribution in [0.5, 0.6) is 5.75 Å². The fourth-order valence-corrected chi connectivity index (χ4v) is 2.06. The summed E-state index contributed by atoms with van der Waals surface area (Å²) in [6, 6.07) is 9.48. The first kappa shape index (κ1) is 15.6. The molecule has 0 saturated carbocycles. The van der Waals surface area contributed by atoms with Gasteiger partial charge in [-0.25, -0.2) is 0 Å². The molecule has 0 aliphatic rings. The Kier molecular flexibility index (Phi) is 5.80. The molecule has 1 heterocycles. The molecule has 6 heteroatoms. The van der Waals surface area contributed by atoms with Crippen LogP contribution in [0.4, 0.5) is 0 Å².